The minimum atomic E-state index is -5.35. The van der Waals surface area contributed by atoms with Gasteiger partial charge in [0.25, 0.3) is 0 Å². The molecule has 0 spiro atoms. The lowest BCUT2D eigenvalue weighted by Crippen LogP contribution is -2.33. The summed E-state index contributed by atoms with van der Waals surface area (Å²) in [5.74, 6) is 0.546. The highest BCUT2D eigenvalue weighted by Crippen LogP contribution is 2.34. The Morgan fingerprint density at radius 1 is 0.594 bits per heavy atom. The first-order valence-corrected chi connectivity index (χ1v) is 12.1. The molecule has 1 aliphatic heterocycles. The highest BCUT2D eigenvalue weighted by molar-refractivity contribution is 7.43. The van der Waals surface area contributed by atoms with Gasteiger partial charge in [-0.25, -0.2) is 0 Å². The minimum absolute atomic E-state index is 0.136. The molecule has 12 nitrogen and oxygen atoms in total. The second-order valence-corrected chi connectivity index (χ2v) is 8.70. The maximum atomic E-state index is 11.1. The van der Waals surface area contributed by atoms with E-state index >= 15 is 0 Å². The van der Waals surface area contributed by atoms with Crippen LogP contribution in [0.25, 0.3) is 0 Å². The fourth-order valence-corrected chi connectivity index (χ4v) is 3.67. The van der Waals surface area contributed by atoms with Crippen LogP contribution in [0.15, 0.2) is 48.5 Å². The Bertz CT molecular complexity index is 854. The summed E-state index contributed by atoms with van der Waals surface area (Å²) in [6.07, 6.45) is -2.58. The zero-order valence-electron chi connectivity index (χ0n) is 16.4. The standard InChI is InChI=1S/C18H22O12P2/c19-31(20,21)29-13-9-25-15-5-1-2-6-16(15)26-10-14(30-32(22,23)24)12-28-18-8-4-3-7-17(18)27-11-13/h1-8,13-14H,9-12H2,(H2,19,20,21)(H2,22,23,24)/p-4. The van der Waals surface area contributed by atoms with E-state index < -0.39 is 54.3 Å². The van der Waals surface area contributed by atoms with E-state index in [-0.39, 0.29) is 23.0 Å². The average Bonchev–Trinajstić information content (AvgIpc) is 2.71. The van der Waals surface area contributed by atoms with Gasteiger partial charge >= 0.3 is 0 Å². The number of benzene rings is 2. The Morgan fingerprint density at radius 3 is 1.06 bits per heavy atom. The van der Waals surface area contributed by atoms with Crippen molar-refractivity contribution < 1.29 is 56.7 Å². The second kappa shape index (κ2) is 10.7. The third kappa shape index (κ3) is 8.09. The molecule has 0 unspecified atom stereocenters. The Morgan fingerprint density at radius 2 is 0.844 bits per heavy atom. The van der Waals surface area contributed by atoms with Crippen molar-refractivity contribution in [1.29, 1.82) is 0 Å². The summed E-state index contributed by atoms with van der Waals surface area (Å²) in [4.78, 5) is 44.5. The highest BCUT2D eigenvalue weighted by Gasteiger charge is 2.20. The lowest BCUT2D eigenvalue weighted by Gasteiger charge is -2.34. The van der Waals surface area contributed by atoms with Crippen molar-refractivity contribution in [3.63, 3.8) is 0 Å². The zero-order valence-corrected chi connectivity index (χ0v) is 18.2. The maximum absolute atomic E-state index is 11.1. The van der Waals surface area contributed by atoms with Crippen molar-refractivity contribution in [2.24, 2.45) is 0 Å². The molecule has 3 rings (SSSR count). The van der Waals surface area contributed by atoms with Crippen molar-refractivity contribution in [3.8, 4) is 23.0 Å². The Labute approximate surface area is 183 Å². The molecule has 0 aromatic heterocycles. The molecule has 0 bridgehead atoms. The quantitative estimate of drug-likeness (QED) is 0.496. The maximum Gasteiger partial charge on any atom is 0.161 e. The van der Waals surface area contributed by atoms with Gasteiger partial charge in [0.1, 0.15) is 38.6 Å². The smallest absolute Gasteiger partial charge is 0.161 e. The van der Waals surface area contributed by atoms with Crippen molar-refractivity contribution in [2.45, 2.75) is 12.2 Å². The second-order valence-electron chi connectivity index (χ2n) is 6.49. The van der Waals surface area contributed by atoms with Gasteiger partial charge in [-0.2, -0.15) is 0 Å². The van der Waals surface area contributed by atoms with Crippen LogP contribution in [0.2, 0.25) is 0 Å². The van der Waals surface area contributed by atoms with Gasteiger partial charge in [-0.15, -0.1) is 0 Å². The number of phosphoric acid groups is 2. The van der Waals surface area contributed by atoms with Crippen molar-refractivity contribution in [3.05, 3.63) is 48.5 Å². The molecule has 176 valence electrons. The summed E-state index contributed by atoms with van der Waals surface area (Å²) in [5.41, 5.74) is 0. The van der Waals surface area contributed by atoms with Gasteiger partial charge in [-0.05, 0) is 24.3 Å². The largest absolute Gasteiger partial charge is 0.790 e. The highest BCUT2D eigenvalue weighted by atomic mass is 31.2. The number of rotatable bonds is 4. The van der Waals surface area contributed by atoms with E-state index in [1.807, 2.05) is 0 Å². The van der Waals surface area contributed by atoms with Gasteiger partial charge in [0, 0.05) is 0 Å². The first-order chi connectivity index (χ1) is 15.1. The van der Waals surface area contributed by atoms with E-state index in [1.54, 1.807) is 24.3 Å². The fourth-order valence-electron chi connectivity index (χ4n) is 2.69. The molecule has 1 heterocycles. The topological polar surface area (TPSA) is 182 Å². The Balaban J connectivity index is 1.88. The molecule has 0 aliphatic carbocycles. The summed E-state index contributed by atoms with van der Waals surface area (Å²) in [6, 6.07) is 12.3. The number of fused-ring (bicyclic) bond motifs is 2. The van der Waals surface area contributed by atoms with E-state index in [4.69, 9.17) is 18.9 Å². The first kappa shape index (κ1) is 24.5. The van der Waals surface area contributed by atoms with E-state index in [0.717, 1.165) is 0 Å². The molecule has 1 aliphatic rings. The van der Waals surface area contributed by atoms with E-state index in [0.29, 0.717) is 0 Å². The van der Waals surface area contributed by atoms with Crippen LogP contribution in [-0.4, -0.2) is 38.6 Å². The van der Waals surface area contributed by atoms with Gasteiger partial charge in [-0.3, -0.25) is 0 Å². The van der Waals surface area contributed by atoms with E-state index in [2.05, 4.69) is 9.05 Å². The summed E-state index contributed by atoms with van der Waals surface area (Å²) < 4.78 is 53.4. The SMILES string of the molecule is O=P([O-])([O-])OC1COc2ccccc2OCC(OP(=O)([O-])[O-])COc2ccccc2OC1. The number of ether oxygens (including phenoxy) is 4. The first-order valence-electron chi connectivity index (χ1n) is 9.19. The van der Waals surface area contributed by atoms with Crippen molar-refractivity contribution >= 4 is 15.6 Å². The Hall–Kier alpha value is -2.14. The molecule has 0 saturated carbocycles. The molecule has 14 heteroatoms. The van der Waals surface area contributed by atoms with Crippen LogP contribution in [0, 0.1) is 0 Å². The molecule has 2 aromatic carbocycles. The molecule has 32 heavy (non-hydrogen) atoms. The predicted octanol–water partition coefficient (Wildman–Crippen LogP) is -0.657. The molecule has 0 radical (unpaired) electrons. The third-order valence-electron chi connectivity index (χ3n) is 3.95. The number of hydrogen-bond donors (Lipinski definition) is 0. The van der Waals surface area contributed by atoms with Gasteiger partial charge in [0.15, 0.2) is 23.0 Å². The number of para-hydroxylation sites is 4. The summed E-state index contributed by atoms with van der Waals surface area (Å²) >= 11 is 0. The van der Waals surface area contributed by atoms with Crippen LogP contribution in [0.4, 0.5) is 0 Å². The lowest BCUT2D eigenvalue weighted by molar-refractivity contribution is -0.347. The van der Waals surface area contributed by atoms with Crippen LogP contribution < -0.4 is 38.5 Å². The molecule has 0 amide bonds. The molecule has 0 saturated heterocycles. The lowest BCUT2D eigenvalue weighted by atomic mass is 10.3. The van der Waals surface area contributed by atoms with Crippen LogP contribution in [0.5, 0.6) is 23.0 Å². The normalized spacial score (nSPS) is 20.2. The van der Waals surface area contributed by atoms with Gasteiger partial charge in [-0.1, -0.05) is 24.3 Å². The Kier molecular flexibility index (Phi) is 8.16. The van der Waals surface area contributed by atoms with Crippen LogP contribution in [-0.2, 0) is 18.2 Å². The monoisotopic (exact) mass is 488 g/mol. The predicted molar refractivity (Wildman–Crippen MR) is 99.8 cm³/mol. The molecule has 0 fully saturated rings. The number of hydrogen-bond acceptors (Lipinski definition) is 12. The van der Waals surface area contributed by atoms with Crippen LogP contribution >= 0.6 is 15.6 Å². The van der Waals surface area contributed by atoms with Gasteiger partial charge in [0.2, 0.25) is 0 Å². The molecular formula is C18H18O12P2-4. The number of phosphoric ester groups is 2. The molecular weight excluding hydrogens is 470 g/mol. The zero-order chi connectivity index (χ0) is 23.2. The molecule has 0 N–H and O–H groups in total. The van der Waals surface area contributed by atoms with Gasteiger partial charge < -0.3 is 56.7 Å². The van der Waals surface area contributed by atoms with Crippen molar-refractivity contribution in [1.82, 2.24) is 0 Å². The van der Waals surface area contributed by atoms with Crippen LogP contribution in [0.3, 0.4) is 0 Å². The van der Waals surface area contributed by atoms with E-state index in [1.165, 1.54) is 24.3 Å². The van der Waals surface area contributed by atoms with Crippen molar-refractivity contribution in [2.75, 3.05) is 26.4 Å². The molecule has 0 atom stereocenters. The molecule has 2 aromatic rings. The van der Waals surface area contributed by atoms with Gasteiger partial charge in [0.05, 0.1) is 15.6 Å². The minimum Gasteiger partial charge on any atom is -0.790 e. The third-order valence-corrected chi connectivity index (χ3v) is 5.07. The average molecular weight is 488 g/mol. The summed E-state index contributed by atoms with van der Waals surface area (Å²) in [7, 11) is -10.7. The van der Waals surface area contributed by atoms with Crippen LogP contribution in [0.1, 0.15) is 0 Å². The van der Waals surface area contributed by atoms with E-state index in [9.17, 15) is 28.7 Å². The fraction of sp³-hybridized carbons (Fsp3) is 0.333. The summed E-state index contributed by atoms with van der Waals surface area (Å²) in [6.45, 7) is -1.58. The summed E-state index contributed by atoms with van der Waals surface area (Å²) in [5, 5.41) is 0.